The second-order valence-corrected chi connectivity index (χ2v) is 8.43. The Hall–Kier alpha value is -3.16. The Labute approximate surface area is 191 Å². The molecule has 5 rings (SSSR count). The van der Waals surface area contributed by atoms with Crippen molar-refractivity contribution in [1.82, 2.24) is 14.7 Å². The van der Waals surface area contributed by atoms with Crippen LogP contribution in [0.2, 0.25) is 5.02 Å². The van der Waals surface area contributed by atoms with Gasteiger partial charge in [-0.1, -0.05) is 48.0 Å². The third kappa shape index (κ3) is 3.78. The van der Waals surface area contributed by atoms with Crippen LogP contribution in [-0.2, 0) is 4.79 Å². The Bertz CT molecular complexity index is 1160. The first-order chi connectivity index (χ1) is 15.6. The van der Waals surface area contributed by atoms with Gasteiger partial charge in [-0.05, 0) is 30.7 Å². The van der Waals surface area contributed by atoms with Crippen LogP contribution in [0.5, 0.6) is 0 Å². The number of amides is 1. The lowest BCUT2D eigenvalue weighted by Crippen LogP contribution is -2.53. The number of halogens is 1. The maximum Gasteiger partial charge on any atom is 0.292 e. The van der Waals surface area contributed by atoms with Crippen LogP contribution in [0.15, 0.2) is 71.7 Å². The van der Waals surface area contributed by atoms with Crippen LogP contribution in [0.4, 0.5) is 11.4 Å². The number of para-hydroxylation sites is 2. The van der Waals surface area contributed by atoms with E-state index in [4.69, 9.17) is 11.6 Å². The van der Waals surface area contributed by atoms with Gasteiger partial charge in [0.15, 0.2) is 0 Å². The van der Waals surface area contributed by atoms with Gasteiger partial charge < -0.3 is 9.80 Å². The number of aromatic nitrogens is 2. The molecule has 7 nitrogen and oxygen atoms in total. The minimum absolute atomic E-state index is 0.1000. The topological polar surface area (TPSA) is 61.7 Å². The van der Waals surface area contributed by atoms with Crippen LogP contribution in [0.25, 0.3) is 5.69 Å². The first kappa shape index (κ1) is 20.7. The summed E-state index contributed by atoms with van der Waals surface area (Å²) in [6, 6.07) is 19.0. The van der Waals surface area contributed by atoms with E-state index in [0.717, 1.165) is 31.7 Å². The molecule has 0 saturated carbocycles. The van der Waals surface area contributed by atoms with Crippen molar-refractivity contribution in [1.29, 1.82) is 0 Å². The highest BCUT2D eigenvalue weighted by molar-refractivity contribution is 6.33. The number of hydrogen-bond donors (Lipinski definition) is 0. The third-order valence-electron chi connectivity index (χ3n) is 6.24. The number of piperazine rings is 1. The van der Waals surface area contributed by atoms with Crippen molar-refractivity contribution in [2.45, 2.75) is 12.5 Å². The average Bonchev–Trinajstić information content (AvgIpc) is 3.23. The van der Waals surface area contributed by atoms with Gasteiger partial charge >= 0.3 is 0 Å². The first-order valence-electron chi connectivity index (χ1n) is 10.8. The van der Waals surface area contributed by atoms with E-state index in [1.54, 1.807) is 6.20 Å². The molecule has 0 N–H and O–H groups in total. The molecule has 2 saturated heterocycles. The van der Waals surface area contributed by atoms with Crippen molar-refractivity contribution < 1.29 is 4.79 Å². The third-order valence-corrected chi connectivity index (χ3v) is 6.60. The van der Waals surface area contributed by atoms with E-state index < -0.39 is 0 Å². The van der Waals surface area contributed by atoms with E-state index in [1.165, 1.54) is 4.68 Å². The fourth-order valence-corrected chi connectivity index (χ4v) is 4.79. The van der Waals surface area contributed by atoms with Crippen molar-refractivity contribution in [2.24, 2.45) is 0 Å². The molecule has 164 valence electrons. The quantitative estimate of drug-likeness (QED) is 0.613. The molecule has 32 heavy (non-hydrogen) atoms. The largest absolute Gasteiger partial charge is 0.366 e. The number of rotatable bonds is 4. The number of hydrogen-bond acceptors (Lipinski definition) is 5. The maximum absolute atomic E-state index is 13.0. The van der Waals surface area contributed by atoms with Crippen molar-refractivity contribution in [2.75, 3.05) is 42.5 Å². The highest BCUT2D eigenvalue weighted by atomic mass is 35.5. The predicted molar refractivity (Wildman–Crippen MR) is 126 cm³/mol. The van der Waals surface area contributed by atoms with Crippen LogP contribution in [-0.4, -0.2) is 59.4 Å². The highest BCUT2D eigenvalue weighted by Gasteiger charge is 2.38. The Morgan fingerprint density at radius 3 is 2.09 bits per heavy atom. The number of nitrogens with zero attached hydrogens (tertiary/aromatic N) is 5. The van der Waals surface area contributed by atoms with Crippen molar-refractivity contribution in [3.05, 3.63) is 82.2 Å². The highest BCUT2D eigenvalue weighted by Crippen LogP contribution is 2.27. The lowest BCUT2D eigenvalue weighted by atomic mass is 10.1. The van der Waals surface area contributed by atoms with Crippen LogP contribution < -0.4 is 15.4 Å². The van der Waals surface area contributed by atoms with Crippen LogP contribution in [0.3, 0.4) is 0 Å². The molecule has 1 atom stereocenters. The Morgan fingerprint density at radius 2 is 1.44 bits per heavy atom. The molecule has 8 heteroatoms. The van der Waals surface area contributed by atoms with E-state index in [2.05, 4.69) is 14.9 Å². The SMILES string of the molecule is O=C1C(N2CCN(c3cnn(-c4ccccc4)c(=O)c3Cl)CC2)CCN1c1ccccc1. The molecule has 2 aliphatic rings. The molecule has 0 radical (unpaired) electrons. The van der Waals surface area contributed by atoms with Gasteiger partial charge in [0.25, 0.3) is 5.56 Å². The summed E-state index contributed by atoms with van der Waals surface area (Å²) in [6.07, 6.45) is 2.48. The lowest BCUT2D eigenvalue weighted by molar-refractivity contribution is -0.121. The summed E-state index contributed by atoms with van der Waals surface area (Å²) in [5.74, 6) is 0.162. The van der Waals surface area contributed by atoms with E-state index in [1.807, 2.05) is 65.6 Å². The van der Waals surface area contributed by atoms with E-state index in [-0.39, 0.29) is 22.5 Å². The number of carbonyl (C=O) groups excluding carboxylic acids is 1. The fourth-order valence-electron chi connectivity index (χ4n) is 4.54. The van der Waals surface area contributed by atoms with E-state index in [9.17, 15) is 9.59 Å². The summed E-state index contributed by atoms with van der Waals surface area (Å²) in [5, 5.41) is 4.51. The van der Waals surface area contributed by atoms with Gasteiger partial charge in [0.2, 0.25) is 5.91 Å². The molecule has 2 fully saturated rings. The minimum Gasteiger partial charge on any atom is -0.366 e. The molecular weight excluding hydrogens is 426 g/mol. The smallest absolute Gasteiger partial charge is 0.292 e. The monoisotopic (exact) mass is 449 g/mol. The van der Waals surface area contributed by atoms with Gasteiger partial charge in [-0.3, -0.25) is 14.5 Å². The zero-order valence-corrected chi connectivity index (χ0v) is 18.4. The molecular formula is C24H24ClN5O2. The molecule has 1 amide bonds. The van der Waals surface area contributed by atoms with Gasteiger partial charge in [-0.25, -0.2) is 0 Å². The van der Waals surface area contributed by atoms with Crippen molar-refractivity contribution in [3.8, 4) is 5.69 Å². The molecule has 0 bridgehead atoms. The van der Waals surface area contributed by atoms with E-state index in [0.29, 0.717) is 24.5 Å². The Kier molecular flexibility index (Phi) is 5.68. The molecule has 2 aromatic carbocycles. The standard InChI is InChI=1S/C24H24ClN5O2/c25-22-21(17-26-30(24(22)32)19-9-5-2-6-10-19)28-15-13-27(14-16-28)20-11-12-29(23(20)31)18-7-3-1-4-8-18/h1-10,17,20H,11-16H2. The molecule has 3 heterocycles. The molecule has 0 spiro atoms. The molecule has 3 aromatic rings. The predicted octanol–water partition coefficient (Wildman–Crippen LogP) is 2.81. The van der Waals surface area contributed by atoms with Crippen LogP contribution in [0, 0.1) is 0 Å². The first-order valence-corrected chi connectivity index (χ1v) is 11.2. The number of anilines is 2. The second kappa shape index (κ2) is 8.76. The lowest BCUT2D eigenvalue weighted by Gasteiger charge is -2.38. The average molecular weight is 450 g/mol. The Balaban J connectivity index is 1.27. The summed E-state index contributed by atoms with van der Waals surface area (Å²) in [7, 11) is 0. The van der Waals surface area contributed by atoms with Crippen molar-refractivity contribution in [3.63, 3.8) is 0 Å². The maximum atomic E-state index is 13.0. The van der Waals surface area contributed by atoms with Gasteiger partial charge in [0.1, 0.15) is 5.02 Å². The van der Waals surface area contributed by atoms with Gasteiger partial charge in [0.05, 0.1) is 23.6 Å². The molecule has 0 aliphatic carbocycles. The summed E-state index contributed by atoms with van der Waals surface area (Å²) in [5.41, 5.74) is 1.95. The summed E-state index contributed by atoms with van der Waals surface area (Å²) < 4.78 is 1.32. The molecule has 1 unspecified atom stereocenters. The fraction of sp³-hybridized carbons (Fsp3) is 0.292. The number of carbonyl (C=O) groups is 1. The van der Waals surface area contributed by atoms with Gasteiger partial charge in [0, 0.05) is 38.4 Å². The Morgan fingerprint density at radius 1 is 0.812 bits per heavy atom. The minimum atomic E-state index is -0.331. The van der Waals surface area contributed by atoms with Crippen LogP contribution >= 0.6 is 11.6 Å². The zero-order valence-electron chi connectivity index (χ0n) is 17.6. The molecule has 1 aromatic heterocycles. The second-order valence-electron chi connectivity index (χ2n) is 8.05. The zero-order chi connectivity index (χ0) is 22.1. The summed E-state index contributed by atoms with van der Waals surface area (Å²) in [4.78, 5) is 32.0. The van der Waals surface area contributed by atoms with Crippen molar-refractivity contribution >= 4 is 28.9 Å². The molecule has 2 aliphatic heterocycles. The van der Waals surface area contributed by atoms with E-state index >= 15 is 0 Å². The van der Waals surface area contributed by atoms with Gasteiger partial charge in [-0.15, -0.1) is 0 Å². The summed E-state index contributed by atoms with van der Waals surface area (Å²) >= 11 is 6.47. The summed E-state index contributed by atoms with van der Waals surface area (Å²) in [6.45, 7) is 3.58. The van der Waals surface area contributed by atoms with Crippen LogP contribution in [0.1, 0.15) is 6.42 Å². The normalized spacial score (nSPS) is 19.5. The number of benzene rings is 2. The van der Waals surface area contributed by atoms with Gasteiger partial charge in [-0.2, -0.15) is 9.78 Å².